The molecule has 0 fully saturated rings. The van der Waals surface area contributed by atoms with Gasteiger partial charge >= 0.3 is 6.09 Å². The van der Waals surface area contributed by atoms with Crippen molar-refractivity contribution >= 4 is 24.1 Å². The first-order chi connectivity index (χ1) is 11.4. The Balaban J connectivity index is 2.48. The molecule has 0 radical (unpaired) electrons. The lowest BCUT2D eigenvalue weighted by Crippen LogP contribution is -2.36. The van der Waals surface area contributed by atoms with Crippen LogP contribution < -0.4 is 5.32 Å². The van der Waals surface area contributed by atoms with Crippen LogP contribution in [0.25, 0.3) is 0 Å². The maximum Gasteiger partial charge on any atom is 0.408 e. The molecule has 5 nitrogen and oxygen atoms in total. The van der Waals surface area contributed by atoms with Crippen LogP contribution >= 0.6 is 11.8 Å². The Kier molecular flexibility index (Phi) is 9.49. The van der Waals surface area contributed by atoms with Crippen LogP contribution in [0.3, 0.4) is 0 Å². The Labute approximate surface area is 148 Å². The van der Waals surface area contributed by atoms with E-state index in [0.717, 1.165) is 24.0 Å². The largest absolute Gasteiger partial charge is 0.444 e. The van der Waals surface area contributed by atoms with Crippen LogP contribution in [0.15, 0.2) is 30.3 Å². The number of amides is 1. The van der Waals surface area contributed by atoms with Gasteiger partial charge in [-0.1, -0.05) is 30.3 Å². The summed E-state index contributed by atoms with van der Waals surface area (Å²) in [6.07, 6.45) is 1.32. The zero-order valence-electron chi connectivity index (χ0n) is 14.6. The lowest BCUT2D eigenvalue weighted by molar-refractivity contribution is -0.105. The normalized spacial score (nSPS) is 12.5. The van der Waals surface area contributed by atoms with E-state index < -0.39 is 11.7 Å². The minimum Gasteiger partial charge on any atom is -0.444 e. The minimum absolute atomic E-state index is 0.260. The van der Waals surface area contributed by atoms with Gasteiger partial charge < -0.3 is 19.6 Å². The highest BCUT2D eigenvalue weighted by atomic mass is 32.2. The van der Waals surface area contributed by atoms with Crippen molar-refractivity contribution in [1.29, 1.82) is 0 Å². The number of carbonyl (C=O) groups excluding carboxylic acids is 2. The number of carbonyl (C=O) groups is 2. The minimum atomic E-state index is -0.540. The third kappa shape index (κ3) is 9.57. The molecule has 0 unspecified atom stereocenters. The fraction of sp³-hybridized carbons (Fsp3) is 0.556. The topological polar surface area (TPSA) is 64.6 Å². The van der Waals surface area contributed by atoms with Crippen molar-refractivity contribution in [2.75, 3.05) is 24.7 Å². The molecule has 0 aromatic heterocycles. The molecule has 0 heterocycles. The number of alkyl carbamates (subject to hydrolysis) is 1. The molecule has 6 heteroatoms. The van der Waals surface area contributed by atoms with Gasteiger partial charge in [0.1, 0.15) is 11.9 Å². The monoisotopic (exact) mass is 353 g/mol. The van der Waals surface area contributed by atoms with Crippen LogP contribution in [0, 0.1) is 0 Å². The van der Waals surface area contributed by atoms with Gasteiger partial charge in [-0.25, -0.2) is 4.79 Å². The average Bonchev–Trinajstić information content (AvgIpc) is 2.52. The van der Waals surface area contributed by atoms with Crippen molar-refractivity contribution in [2.45, 2.75) is 38.8 Å². The second-order valence-corrected chi connectivity index (χ2v) is 7.43. The van der Waals surface area contributed by atoms with Crippen LogP contribution in [-0.2, 0) is 14.3 Å². The van der Waals surface area contributed by atoms with E-state index in [1.807, 2.05) is 51.1 Å². The fourth-order valence-corrected chi connectivity index (χ4v) is 2.54. The van der Waals surface area contributed by atoms with Crippen LogP contribution in [-0.4, -0.2) is 42.7 Å². The molecule has 1 aromatic carbocycles. The Hall–Kier alpha value is -1.53. The number of thioether (sulfide) groups is 1. The average molecular weight is 353 g/mol. The zero-order chi connectivity index (χ0) is 17.8. The van der Waals surface area contributed by atoms with E-state index in [4.69, 9.17) is 9.47 Å². The summed E-state index contributed by atoms with van der Waals surface area (Å²) in [4.78, 5) is 22.3. The molecule has 0 aliphatic heterocycles. The summed E-state index contributed by atoms with van der Waals surface area (Å²) >= 11 is 1.59. The van der Waals surface area contributed by atoms with Crippen molar-refractivity contribution in [3.8, 4) is 0 Å². The quantitative estimate of drug-likeness (QED) is 0.514. The summed E-state index contributed by atoms with van der Waals surface area (Å²) in [7, 11) is 0. The Morgan fingerprint density at radius 3 is 2.62 bits per heavy atom. The number of benzene rings is 1. The first-order valence-corrected chi connectivity index (χ1v) is 9.21. The predicted molar refractivity (Wildman–Crippen MR) is 97.4 cm³/mol. The highest BCUT2D eigenvalue weighted by Gasteiger charge is 2.20. The number of ether oxygens (including phenoxy) is 2. The van der Waals surface area contributed by atoms with E-state index >= 15 is 0 Å². The van der Waals surface area contributed by atoms with E-state index in [0.29, 0.717) is 19.0 Å². The van der Waals surface area contributed by atoms with Gasteiger partial charge in [-0.2, -0.15) is 11.8 Å². The molecule has 0 saturated heterocycles. The molecule has 134 valence electrons. The number of rotatable bonds is 10. The lowest BCUT2D eigenvalue weighted by atomic mass is 10.1. The fourth-order valence-electron chi connectivity index (χ4n) is 1.95. The summed E-state index contributed by atoms with van der Waals surface area (Å²) in [5.74, 6) is 1.40. The highest BCUT2D eigenvalue weighted by molar-refractivity contribution is 7.99. The maximum atomic E-state index is 12.0. The van der Waals surface area contributed by atoms with Gasteiger partial charge in [0.05, 0.1) is 12.6 Å². The van der Waals surface area contributed by atoms with Gasteiger partial charge in [-0.3, -0.25) is 0 Å². The Morgan fingerprint density at radius 2 is 2.00 bits per heavy atom. The van der Waals surface area contributed by atoms with Gasteiger partial charge in [0.2, 0.25) is 0 Å². The lowest BCUT2D eigenvalue weighted by Gasteiger charge is -2.24. The molecule has 0 aliphatic carbocycles. The molecule has 24 heavy (non-hydrogen) atoms. The number of nitrogens with one attached hydrogen (secondary N) is 1. The maximum absolute atomic E-state index is 12.0. The van der Waals surface area contributed by atoms with Crippen LogP contribution in [0.4, 0.5) is 4.79 Å². The number of hydrogen-bond donors (Lipinski definition) is 1. The van der Waals surface area contributed by atoms with E-state index in [9.17, 15) is 9.59 Å². The number of hydrogen-bond acceptors (Lipinski definition) is 5. The summed E-state index contributed by atoms with van der Waals surface area (Å²) < 4.78 is 11.0. The van der Waals surface area contributed by atoms with Gasteiger partial charge in [-0.05, 0) is 38.5 Å². The van der Waals surface area contributed by atoms with Gasteiger partial charge in [-0.15, -0.1) is 0 Å². The highest BCUT2D eigenvalue weighted by Crippen LogP contribution is 2.15. The molecular formula is C18H27NO4S. The molecule has 0 bridgehead atoms. The predicted octanol–water partition coefficient (Wildman–Crippen LogP) is 3.59. The molecule has 0 aliphatic rings. The van der Waals surface area contributed by atoms with E-state index in [-0.39, 0.29) is 6.04 Å². The van der Waals surface area contributed by atoms with Crippen molar-refractivity contribution in [2.24, 2.45) is 0 Å². The van der Waals surface area contributed by atoms with Gasteiger partial charge in [0.25, 0.3) is 0 Å². The number of aldehydes is 1. The summed E-state index contributed by atoms with van der Waals surface area (Å²) in [6, 6.07) is 9.42. The smallest absolute Gasteiger partial charge is 0.408 e. The molecule has 1 rings (SSSR count). The van der Waals surface area contributed by atoms with E-state index in [2.05, 4.69) is 5.32 Å². The van der Waals surface area contributed by atoms with Gasteiger partial charge in [0, 0.05) is 12.4 Å². The third-order valence-electron chi connectivity index (χ3n) is 2.94. The summed E-state index contributed by atoms with van der Waals surface area (Å²) in [5, 5.41) is 2.86. The van der Waals surface area contributed by atoms with Gasteiger partial charge in [0.15, 0.2) is 0 Å². The SMILES string of the molecule is CC(C)(C)OC(=O)N[C@@H](COCCCSCC=O)c1ccccc1. The molecule has 0 spiro atoms. The second kappa shape index (κ2) is 11.1. The molecule has 1 N–H and O–H groups in total. The van der Waals surface area contributed by atoms with Crippen LogP contribution in [0.5, 0.6) is 0 Å². The van der Waals surface area contributed by atoms with Crippen molar-refractivity contribution in [3.05, 3.63) is 35.9 Å². The van der Waals surface area contributed by atoms with Crippen LogP contribution in [0.1, 0.15) is 38.8 Å². The molecular weight excluding hydrogens is 326 g/mol. The molecule has 0 saturated carbocycles. The van der Waals surface area contributed by atoms with E-state index in [1.165, 1.54) is 0 Å². The van der Waals surface area contributed by atoms with Crippen molar-refractivity contribution < 1.29 is 19.1 Å². The third-order valence-corrected chi connectivity index (χ3v) is 3.89. The Morgan fingerprint density at radius 1 is 1.29 bits per heavy atom. The van der Waals surface area contributed by atoms with Crippen molar-refractivity contribution in [1.82, 2.24) is 5.32 Å². The molecule has 1 amide bonds. The van der Waals surface area contributed by atoms with Crippen molar-refractivity contribution in [3.63, 3.8) is 0 Å². The second-order valence-electron chi connectivity index (χ2n) is 6.28. The molecule has 1 aromatic rings. The van der Waals surface area contributed by atoms with Crippen LogP contribution in [0.2, 0.25) is 0 Å². The summed E-state index contributed by atoms with van der Waals surface area (Å²) in [6.45, 7) is 6.46. The molecule has 1 atom stereocenters. The van der Waals surface area contributed by atoms with E-state index in [1.54, 1.807) is 11.8 Å². The summed E-state index contributed by atoms with van der Waals surface area (Å²) in [5.41, 5.74) is 0.431. The first-order valence-electron chi connectivity index (χ1n) is 8.06. The Bertz CT molecular complexity index is 488. The first kappa shape index (κ1) is 20.5. The standard InChI is InChI=1S/C18H27NO4S/c1-18(2,3)23-17(21)19-16(15-8-5-4-6-9-15)14-22-11-7-12-24-13-10-20/h4-6,8-10,16H,7,11-14H2,1-3H3,(H,19,21)/t16-/m0/s1. The zero-order valence-corrected chi connectivity index (χ0v) is 15.4.